The fourth-order valence-corrected chi connectivity index (χ4v) is 2.07. The van der Waals surface area contributed by atoms with Crippen LogP contribution in [0.1, 0.15) is 11.1 Å². The van der Waals surface area contributed by atoms with Crippen molar-refractivity contribution in [2.45, 2.75) is 0 Å². The van der Waals surface area contributed by atoms with Crippen molar-refractivity contribution < 1.29 is 19.7 Å². The molecule has 136 valence electrons. The minimum atomic E-state index is -0.0223. The summed E-state index contributed by atoms with van der Waals surface area (Å²) < 4.78 is 10.0. The summed E-state index contributed by atoms with van der Waals surface area (Å²) in [6, 6.07) is 10.1. The van der Waals surface area contributed by atoms with Crippen molar-refractivity contribution in [2.75, 3.05) is 14.2 Å². The normalized spacial score (nSPS) is 10.8. The van der Waals surface area contributed by atoms with E-state index in [9.17, 15) is 10.2 Å². The quantitative estimate of drug-likeness (QED) is 0.348. The van der Waals surface area contributed by atoms with Crippen molar-refractivity contribution in [2.24, 2.45) is 10.2 Å². The maximum absolute atomic E-state index is 9.94. The lowest BCUT2D eigenvalue weighted by Crippen LogP contribution is -2.28. The van der Waals surface area contributed by atoms with Crippen LogP contribution < -0.4 is 20.3 Å². The molecule has 9 heteroatoms. The number of thiocarbonyl (C=S) groups is 1. The van der Waals surface area contributed by atoms with Crippen molar-refractivity contribution in [1.29, 1.82) is 0 Å². The molecule has 0 fully saturated rings. The van der Waals surface area contributed by atoms with Crippen LogP contribution in [0.25, 0.3) is 0 Å². The molecule has 4 N–H and O–H groups in total. The first-order valence-corrected chi connectivity index (χ1v) is 7.81. The Morgan fingerprint density at radius 3 is 1.69 bits per heavy atom. The summed E-state index contributed by atoms with van der Waals surface area (Å²) >= 11 is 5.02. The molecule has 0 saturated heterocycles. The zero-order valence-electron chi connectivity index (χ0n) is 14.1. The van der Waals surface area contributed by atoms with Crippen LogP contribution in [0.5, 0.6) is 23.0 Å². The lowest BCUT2D eigenvalue weighted by Gasteiger charge is -2.06. The maximum atomic E-state index is 9.94. The lowest BCUT2D eigenvalue weighted by molar-refractivity contribution is 0.373. The summed E-state index contributed by atoms with van der Waals surface area (Å²) in [5.41, 5.74) is 6.04. The molecule has 0 radical (unpaired) electrons. The number of aromatic hydroxyl groups is 2. The molecule has 26 heavy (non-hydrogen) atoms. The van der Waals surface area contributed by atoms with Crippen LogP contribution in [0.4, 0.5) is 0 Å². The molecule has 2 aromatic carbocycles. The summed E-state index contributed by atoms with van der Waals surface area (Å²) in [6.45, 7) is 0. The Labute approximate surface area is 155 Å². The number of hydrogen-bond acceptors (Lipinski definition) is 7. The van der Waals surface area contributed by atoms with E-state index in [1.165, 1.54) is 26.6 Å². The number of methoxy groups -OCH3 is 2. The summed E-state index contributed by atoms with van der Waals surface area (Å²) in [7, 11) is 2.93. The highest BCUT2D eigenvalue weighted by atomic mass is 32.1. The molecule has 0 aliphatic rings. The summed E-state index contributed by atoms with van der Waals surface area (Å²) in [4.78, 5) is 0. The Bertz CT molecular complexity index is 772. The molecule has 0 bridgehead atoms. The molecule has 0 amide bonds. The van der Waals surface area contributed by atoms with Gasteiger partial charge in [0, 0.05) is 11.1 Å². The molecular weight excluding hydrogens is 356 g/mol. The summed E-state index contributed by atoms with van der Waals surface area (Å²) in [6.07, 6.45) is 2.78. The molecule has 0 aliphatic carbocycles. The van der Waals surface area contributed by atoms with Gasteiger partial charge in [-0.25, -0.2) is 0 Å². The number of benzene rings is 2. The second-order valence-electron chi connectivity index (χ2n) is 4.87. The first-order chi connectivity index (χ1) is 12.6. The molecule has 0 atom stereocenters. The number of nitrogens with zero attached hydrogens (tertiary/aromatic N) is 2. The van der Waals surface area contributed by atoms with Crippen LogP contribution >= 0.6 is 12.2 Å². The number of rotatable bonds is 6. The van der Waals surface area contributed by atoms with E-state index in [0.29, 0.717) is 22.6 Å². The predicted octanol–water partition coefficient (Wildman–Crippen LogP) is 1.95. The van der Waals surface area contributed by atoms with E-state index >= 15 is 0 Å². The Kier molecular flexibility index (Phi) is 6.75. The zero-order chi connectivity index (χ0) is 18.9. The minimum absolute atomic E-state index is 0.0223. The van der Waals surface area contributed by atoms with Crippen LogP contribution in [0, 0.1) is 0 Å². The van der Waals surface area contributed by atoms with E-state index in [-0.39, 0.29) is 16.6 Å². The highest BCUT2D eigenvalue weighted by molar-refractivity contribution is 7.80. The largest absolute Gasteiger partial charge is 0.504 e. The molecular formula is C17H18N4O4S. The van der Waals surface area contributed by atoms with Crippen molar-refractivity contribution >= 4 is 29.8 Å². The van der Waals surface area contributed by atoms with Crippen molar-refractivity contribution in [3.63, 3.8) is 0 Å². The monoisotopic (exact) mass is 374 g/mol. The molecule has 0 saturated carbocycles. The Balaban J connectivity index is 1.92. The predicted molar refractivity (Wildman–Crippen MR) is 103 cm³/mol. The van der Waals surface area contributed by atoms with Crippen molar-refractivity contribution in [3.8, 4) is 23.0 Å². The Morgan fingerprint density at radius 1 is 0.885 bits per heavy atom. The highest BCUT2D eigenvalue weighted by Crippen LogP contribution is 2.28. The number of para-hydroxylation sites is 2. The molecule has 0 aromatic heterocycles. The Hall–Kier alpha value is -3.33. The van der Waals surface area contributed by atoms with E-state index in [1.54, 1.807) is 36.4 Å². The zero-order valence-corrected chi connectivity index (χ0v) is 14.9. The highest BCUT2D eigenvalue weighted by Gasteiger charge is 2.05. The van der Waals surface area contributed by atoms with Crippen LogP contribution in [-0.2, 0) is 0 Å². The van der Waals surface area contributed by atoms with E-state index in [4.69, 9.17) is 21.7 Å². The Morgan fingerprint density at radius 2 is 1.31 bits per heavy atom. The second-order valence-corrected chi connectivity index (χ2v) is 5.27. The number of ether oxygens (including phenoxy) is 2. The van der Waals surface area contributed by atoms with Gasteiger partial charge in [-0.15, -0.1) is 0 Å². The van der Waals surface area contributed by atoms with Crippen molar-refractivity contribution in [3.05, 3.63) is 47.5 Å². The minimum Gasteiger partial charge on any atom is -0.504 e. The third-order valence-corrected chi connectivity index (χ3v) is 3.42. The van der Waals surface area contributed by atoms with Crippen molar-refractivity contribution in [1.82, 2.24) is 10.9 Å². The van der Waals surface area contributed by atoms with Gasteiger partial charge in [-0.1, -0.05) is 12.1 Å². The molecule has 0 heterocycles. The molecule has 8 nitrogen and oxygen atoms in total. The molecule has 2 aromatic rings. The summed E-state index contributed by atoms with van der Waals surface area (Å²) in [5, 5.41) is 27.8. The van der Waals surface area contributed by atoms with Gasteiger partial charge >= 0.3 is 0 Å². The van der Waals surface area contributed by atoms with Gasteiger partial charge in [-0.05, 0) is 36.5 Å². The van der Waals surface area contributed by atoms with E-state index in [2.05, 4.69) is 21.1 Å². The topological polar surface area (TPSA) is 108 Å². The van der Waals surface area contributed by atoms with Crippen LogP contribution in [0.15, 0.2) is 46.6 Å². The van der Waals surface area contributed by atoms with Gasteiger partial charge in [0.25, 0.3) is 0 Å². The number of hydrogen-bond donors (Lipinski definition) is 4. The third-order valence-electron chi connectivity index (χ3n) is 3.24. The fourth-order valence-electron chi connectivity index (χ4n) is 1.96. The average molecular weight is 374 g/mol. The van der Waals surface area contributed by atoms with Gasteiger partial charge in [0.05, 0.1) is 26.6 Å². The van der Waals surface area contributed by atoms with Gasteiger partial charge in [-0.3, -0.25) is 10.9 Å². The second kappa shape index (κ2) is 9.23. The van der Waals surface area contributed by atoms with Crippen LogP contribution in [0.3, 0.4) is 0 Å². The molecule has 0 unspecified atom stereocenters. The standard InChI is InChI=1S/C17H18N4O4S/c1-24-13-7-3-5-11(15(13)22)9-18-20-17(26)21-19-10-12-6-4-8-14(25-2)16(12)23/h3-10,22-23H,1-2H3,(H2,20,21,26)/b18-9+,19-10+. The van der Waals surface area contributed by atoms with Crippen LogP contribution in [-0.4, -0.2) is 42.0 Å². The van der Waals surface area contributed by atoms with E-state index in [1.807, 2.05) is 0 Å². The van der Waals surface area contributed by atoms with E-state index < -0.39 is 0 Å². The van der Waals surface area contributed by atoms with Gasteiger partial charge < -0.3 is 19.7 Å². The molecule has 2 rings (SSSR count). The van der Waals surface area contributed by atoms with Gasteiger partial charge in [0.1, 0.15) is 0 Å². The smallest absolute Gasteiger partial charge is 0.207 e. The number of hydrazone groups is 2. The van der Waals surface area contributed by atoms with Gasteiger partial charge in [-0.2, -0.15) is 10.2 Å². The first kappa shape index (κ1) is 19.0. The first-order valence-electron chi connectivity index (χ1n) is 7.41. The SMILES string of the molecule is COc1cccc(/C=N/NC(=S)N/N=C/c2cccc(OC)c2O)c1O. The number of phenolic OH excluding ortho intramolecular Hbond substituents is 2. The third kappa shape index (κ3) is 4.84. The van der Waals surface area contributed by atoms with Gasteiger partial charge in [0.15, 0.2) is 23.0 Å². The summed E-state index contributed by atoms with van der Waals surface area (Å²) in [5.74, 6) is 0.645. The maximum Gasteiger partial charge on any atom is 0.207 e. The van der Waals surface area contributed by atoms with E-state index in [0.717, 1.165) is 0 Å². The molecule has 0 spiro atoms. The lowest BCUT2D eigenvalue weighted by atomic mass is 10.2. The fraction of sp³-hybridized carbons (Fsp3) is 0.118. The van der Waals surface area contributed by atoms with Gasteiger partial charge in [0.2, 0.25) is 5.11 Å². The molecule has 0 aliphatic heterocycles. The average Bonchev–Trinajstić information content (AvgIpc) is 2.64. The van der Waals surface area contributed by atoms with Crippen LogP contribution in [0.2, 0.25) is 0 Å². The number of phenols is 2. The number of nitrogens with one attached hydrogen (secondary N) is 2.